The molecule has 0 atom stereocenters. The van der Waals surface area contributed by atoms with Crippen molar-refractivity contribution in [2.45, 2.75) is 31.4 Å². The van der Waals surface area contributed by atoms with E-state index >= 15 is 0 Å². The summed E-state index contributed by atoms with van der Waals surface area (Å²) in [5.41, 5.74) is 8.13. The number of hydrogen-bond donors (Lipinski definition) is 1. The summed E-state index contributed by atoms with van der Waals surface area (Å²) >= 11 is 0. The van der Waals surface area contributed by atoms with E-state index in [9.17, 15) is 0 Å². The highest BCUT2D eigenvalue weighted by atomic mass is 16.5. The van der Waals surface area contributed by atoms with Crippen LogP contribution in [0.5, 0.6) is 11.5 Å². The van der Waals surface area contributed by atoms with Gasteiger partial charge in [0.1, 0.15) is 11.5 Å². The zero-order valence-corrected chi connectivity index (χ0v) is 11.3. The molecule has 100 valence electrons. The Kier molecular flexibility index (Phi) is 3.78. The third-order valence-electron chi connectivity index (χ3n) is 3.71. The van der Waals surface area contributed by atoms with Gasteiger partial charge in [0.25, 0.3) is 0 Å². The van der Waals surface area contributed by atoms with Gasteiger partial charge in [0, 0.05) is 18.2 Å². The van der Waals surface area contributed by atoms with Crippen molar-refractivity contribution >= 4 is 0 Å². The summed E-state index contributed by atoms with van der Waals surface area (Å²) in [5.74, 6) is 1.58. The number of rotatable bonds is 5. The zero-order valence-electron chi connectivity index (χ0n) is 11.3. The average Bonchev–Trinajstić information content (AvgIpc) is 2.35. The van der Waals surface area contributed by atoms with E-state index in [-0.39, 0.29) is 5.54 Å². The van der Waals surface area contributed by atoms with Gasteiger partial charge in [-0.15, -0.1) is 0 Å². The van der Waals surface area contributed by atoms with Gasteiger partial charge in [-0.25, -0.2) is 0 Å². The summed E-state index contributed by atoms with van der Waals surface area (Å²) in [7, 11) is 4.97. The van der Waals surface area contributed by atoms with Gasteiger partial charge in [-0.2, -0.15) is 0 Å². The van der Waals surface area contributed by atoms with E-state index in [0.29, 0.717) is 6.61 Å². The lowest BCUT2D eigenvalue weighted by Gasteiger charge is -2.39. The Labute approximate surface area is 108 Å². The summed E-state index contributed by atoms with van der Waals surface area (Å²) in [6, 6.07) is 3.95. The summed E-state index contributed by atoms with van der Waals surface area (Å²) in [5, 5.41) is 0. The lowest BCUT2D eigenvalue weighted by molar-refractivity contribution is 0.176. The molecule has 1 fully saturated rings. The van der Waals surface area contributed by atoms with Crippen molar-refractivity contribution in [3.63, 3.8) is 0 Å². The lowest BCUT2D eigenvalue weighted by Crippen LogP contribution is -2.43. The molecule has 4 heteroatoms. The highest BCUT2D eigenvalue weighted by Gasteiger charge is 2.37. The monoisotopic (exact) mass is 251 g/mol. The maximum atomic E-state index is 6.40. The molecular weight excluding hydrogens is 230 g/mol. The molecule has 1 saturated carbocycles. The second kappa shape index (κ2) is 5.16. The van der Waals surface area contributed by atoms with Crippen LogP contribution < -0.4 is 15.2 Å². The molecule has 0 aromatic heterocycles. The second-order valence-corrected chi connectivity index (χ2v) is 4.77. The first-order chi connectivity index (χ1) is 8.66. The predicted molar refractivity (Wildman–Crippen MR) is 70.0 cm³/mol. The van der Waals surface area contributed by atoms with Crippen molar-refractivity contribution in [3.05, 3.63) is 23.3 Å². The molecule has 2 rings (SSSR count). The SMILES string of the molecule is COCc1c(OC)ccc(C2(N)CCC2)c1OC. The van der Waals surface area contributed by atoms with Crippen LogP contribution in [0, 0.1) is 0 Å². The Bertz CT molecular complexity index is 427. The third kappa shape index (κ3) is 2.06. The summed E-state index contributed by atoms with van der Waals surface area (Å²) < 4.78 is 16.1. The molecular formula is C14H21NO3. The molecule has 2 N–H and O–H groups in total. The van der Waals surface area contributed by atoms with Crippen molar-refractivity contribution in [3.8, 4) is 11.5 Å². The average molecular weight is 251 g/mol. The first-order valence-corrected chi connectivity index (χ1v) is 6.18. The smallest absolute Gasteiger partial charge is 0.133 e. The van der Waals surface area contributed by atoms with Crippen molar-refractivity contribution < 1.29 is 14.2 Å². The Morgan fingerprint density at radius 1 is 1.17 bits per heavy atom. The van der Waals surface area contributed by atoms with Crippen LogP contribution in [0.1, 0.15) is 30.4 Å². The highest BCUT2D eigenvalue weighted by Crippen LogP contribution is 2.45. The number of benzene rings is 1. The van der Waals surface area contributed by atoms with Gasteiger partial charge >= 0.3 is 0 Å². The molecule has 0 unspecified atom stereocenters. The number of ether oxygens (including phenoxy) is 3. The Balaban J connectivity index is 2.50. The number of nitrogens with two attached hydrogens (primary N) is 1. The van der Waals surface area contributed by atoms with Crippen molar-refractivity contribution in [1.29, 1.82) is 0 Å². The minimum absolute atomic E-state index is 0.250. The van der Waals surface area contributed by atoms with E-state index < -0.39 is 0 Å². The molecule has 0 bridgehead atoms. The first-order valence-electron chi connectivity index (χ1n) is 6.18. The largest absolute Gasteiger partial charge is 0.496 e. The molecule has 1 aliphatic rings. The fraction of sp³-hybridized carbons (Fsp3) is 0.571. The van der Waals surface area contributed by atoms with Gasteiger partial charge in [0.15, 0.2) is 0 Å². The molecule has 1 aromatic rings. The van der Waals surface area contributed by atoms with Crippen molar-refractivity contribution in [2.24, 2.45) is 5.73 Å². The second-order valence-electron chi connectivity index (χ2n) is 4.77. The van der Waals surface area contributed by atoms with Crippen LogP contribution in [0.4, 0.5) is 0 Å². The Morgan fingerprint density at radius 2 is 1.89 bits per heavy atom. The standard InChI is InChI=1S/C14H21NO3/c1-16-9-10-12(17-2)6-5-11(13(10)18-3)14(15)7-4-8-14/h5-6H,4,7-9,15H2,1-3H3. The third-order valence-corrected chi connectivity index (χ3v) is 3.71. The lowest BCUT2D eigenvalue weighted by atomic mass is 9.72. The van der Waals surface area contributed by atoms with Crippen LogP contribution in [0.25, 0.3) is 0 Å². The van der Waals surface area contributed by atoms with Crippen LogP contribution in [0.2, 0.25) is 0 Å². The van der Waals surface area contributed by atoms with Crippen LogP contribution in [-0.2, 0) is 16.9 Å². The molecule has 18 heavy (non-hydrogen) atoms. The molecule has 4 nitrogen and oxygen atoms in total. The minimum Gasteiger partial charge on any atom is -0.496 e. The maximum absolute atomic E-state index is 6.40. The van der Waals surface area contributed by atoms with Crippen molar-refractivity contribution in [2.75, 3.05) is 21.3 Å². The summed E-state index contributed by atoms with van der Waals surface area (Å²) in [4.78, 5) is 0. The van der Waals surface area contributed by atoms with E-state index in [1.807, 2.05) is 12.1 Å². The van der Waals surface area contributed by atoms with Gasteiger partial charge in [0.05, 0.1) is 26.4 Å². The van der Waals surface area contributed by atoms with Gasteiger partial charge in [-0.05, 0) is 31.4 Å². The molecule has 1 aliphatic carbocycles. The van der Waals surface area contributed by atoms with E-state index in [1.165, 1.54) is 6.42 Å². The van der Waals surface area contributed by atoms with Crippen LogP contribution >= 0.6 is 0 Å². The molecule has 0 radical (unpaired) electrons. The fourth-order valence-corrected chi connectivity index (χ4v) is 2.53. The van der Waals surface area contributed by atoms with Crippen molar-refractivity contribution in [1.82, 2.24) is 0 Å². The molecule has 0 saturated heterocycles. The minimum atomic E-state index is -0.250. The molecule has 0 heterocycles. The van der Waals surface area contributed by atoms with Crippen LogP contribution in [-0.4, -0.2) is 21.3 Å². The van der Waals surface area contributed by atoms with E-state index in [2.05, 4.69) is 0 Å². The zero-order chi connectivity index (χ0) is 13.2. The fourth-order valence-electron chi connectivity index (χ4n) is 2.53. The summed E-state index contributed by atoms with van der Waals surface area (Å²) in [6.07, 6.45) is 3.18. The van der Waals surface area contributed by atoms with E-state index in [0.717, 1.165) is 35.5 Å². The van der Waals surface area contributed by atoms with Gasteiger partial charge < -0.3 is 19.9 Å². The molecule has 1 aromatic carbocycles. The van der Waals surface area contributed by atoms with Crippen LogP contribution in [0.3, 0.4) is 0 Å². The van der Waals surface area contributed by atoms with Gasteiger partial charge in [-0.1, -0.05) is 0 Å². The summed E-state index contributed by atoms with van der Waals surface area (Å²) in [6.45, 7) is 0.455. The quantitative estimate of drug-likeness (QED) is 0.871. The van der Waals surface area contributed by atoms with Crippen LogP contribution in [0.15, 0.2) is 12.1 Å². The Morgan fingerprint density at radius 3 is 2.33 bits per heavy atom. The highest BCUT2D eigenvalue weighted by molar-refractivity contribution is 5.53. The maximum Gasteiger partial charge on any atom is 0.133 e. The normalized spacial score (nSPS) is 17.1. The molecule has 0 amide bonds. The Hall–Kier alpha value is -1.26. The topological polar surface area (TPSA) is 53.7 Å². The van der Waals surface area contributed by atoms with E-state index in [4.69, 9.17) is 19.9 Å². The first kappa shape index (κ1) is 13.2. The number of methoxy groups -OCH3 is 3. The predicted octanol–water partition coefficient (Wildman–Crippen LogP) is 2.19. The molecule has 0 spiro atoms. The van der Waals surface area contributed by atoms with Gasteiger partial charge in [0.2, 0.25) is 0 Å². The number of hydrogen-bond acceptors (Lipinski definition) is 4. The van der Waals surface area contributed by atoms with Gasteiger partial charge in [-0.3, -0.25) is 0 Å². The molecule has 0 aliphatic heterocycles. The van der Waals surface area contributed by atoms with E-state index in [1.54, 1.807) is 21.3 Å².